The second-order valence-electron chi connectivity index (χ2n) is 11.9. The molecular weight excluding hydrogens is 582 g/mol. The highest BCUT2D eigenvalue weighted by molar-refractivity contribution is 7.88. The molecule has 0 amide bonds. The largest absolute Gasteiger partial charge is 0.417 e. The summed E-state index contributed by atoms with van der Waals surface area (Å²) in [7, 11) is -3.63. The fourth-order valence-corrected chi connectivity index (χ4v) is 7.55. The van der Waals surface area contributed by atoms with E-state index in [1.165, 1.54) is 12.1 Å². The lowest BCUT2D eigenvalue weighted by molar-refractivity contribution is -0.300. The Bertz CT molecular complexity index is 1720. The zero-order valence-electron chi connectivity index (χ0n) is 23.7. The molecule has 0 saturated heterocycles. The molecule has 0 aliphatic heterocycles. The average Bonchev–Trinajstić information content (AvgIpc) is 3.31. The van der Waals surface area contributed by atoms with Crippen LogP contribution in [-0.4, -0.2) is 42.8 Å². The van der Waals surface area contributed by atoms with Gasteiger partial charge in [-0.25, -0.2) is 22.2 Å². The van der Waals surface area contributed by atoms with Crippen LogP contribution in [0.4, 0.5) is 17.6 Å². The molecule has 43 heavy (non-hydrogen) atoms. The number of rotatable bonds is 7. The minimum Gasteiger partial charge on any atom is -0.361 e. The van der Waals surface area contributed by atoms with Crippen molar-refractivity contribution < 1.29 is 30.7 Å². The molecule has 3 aromatic carbocycles. The first-order valence-electron chi connectivity index (χ1n) is 14.4. The molecule has 0 radical (unpaired) electrons. The molecule has 0 spiro atoms. The number of ether oxygens (including phenoxy) is 1. The van der Waals surface area contributed by atoms with Crippen LogP contribution in [0.15, 0.2) is 72.9 Å². The Balaban J connectivity index is 1.43. The van der Waals surface area contributed by atoms with Crippen molar-refractivity contribution in [3.05, 3.63) is 95.4 Å². The molecular formula is C32H33F4N3O3S. The number of hydrogen-bond donors (Lipinski definition) is 1. The summed E-state index contributed by atoms with van der Waals surface area (Å²) in [6.07, 6.45) is -0.555. The third-order valence-corrected chi connectivity index (χ3v) is 9.92. The lowest BCUT2D eigenvalue weighted by Crippen LogP contribution is -2.58. The Kier molecular flexibility index (Phi) is 7.63. The second-order valence-corrected chi connectivity index (χ2v) is 13.7. The number of hydrogen-bond acceptors (Lipinski definition) is 4. The van der Waals surface area contributed by atoms with Crippen molar-refractivity contribution in [2.45, 2.75) is 62.3 Å². The minimum atomic E-state index is -4.60. The molecule has 1 aromatic heterocycles. The topological polar surface area (TPSA) is 73.2 Å². The normalized spacial score (nSPS) is 24.3. The molecule has 1 N–H and O–H groups in total. The number of fused-ring (bicyclic) bond motifs is 4. The zero-order chi connectivity index (χ0) is 30.5. The van der Waals surface area contributed by atoms with E-state index in [4.69, 9.17) is 4.74 Å². The van der Waals surface area contributed by atoms with Gasteiger partial charge in [-0.05, 0) is 97.5 Å². The molecule has 11 heteroatoms. The number of sulfonamides is 1. The maximum absolute atomic E-state index is 14.9. The first kappa shape index (κ1) is 29.8. The summed E-state index contributed by atoms with van der Waals surface area (Å²) < 4.78 is 93.1. The highest BCUT2D eigenvalue weighted by Gasteiger charge is 2.62. The van der Waals surface area contributed by atoms with Gasteiger partial charge in [0.15, 0.2) is 5.60 Å². The molecule has 6 nitrogen and oxygen atoms in total. The number of nitrogens with zero attached hydrogens (tertiary/aromatic N) is 2. The van der Waals surface area contributed by atoms with Crippen LogP contribution in [0, 0.1) is 11.7 Å². The molecule has 6 rings (SSSR count). The van der Waals surface area contributed by atoms with Gasteiger partial charge < -0.3 is 4.74 Å². The molecule has 1 saturated carbocycles. The van der Waals surface area contributed by atoms with E-state index in [2.05, 4.69) is 9.82 Å². The van der Waals surface area contributed by atoms with Gasteiger partial charge in [0.05, 0.1) is 30.3 Å². The summed E-state index contributed by atoms with van der Waals surface area (Å²) in [5.74, 6) is -0.848. The second kappa shape index (κ2) is 11.0. The fraction of sp³-hybridized carbons (Fsp3) is 0.406. The standard InChI is InChI=1S/C32H33F4N3O3S/c1-43(40,41)38-21-30-14-15-31(32(34,35)36,42-20-22-6-3-2-4-7-22)18-25(30)9-5-8-23-17-29-24(16-28(23)30)19-37-39(29)27-12-10-26(33)11-13-27/h2-4,6-7,10-13,16-17,19,25,38H,5,8-9,14-15,18,20-21H2,1H3/t25-,30+,31-/m1/s1. The van der Waals surface area contributed by atoms with Crippen LogP contribution in [0.5, 0.6) is 0 Å². The van der Waals surface area contributed by atoms with Crippen molar-refractivity contribution in [3.63, 3.8) is 0 Å². The molecule has 1 fully saturated rings. The van der Waals surface area contributed by atoms with Crippen molar-refractivity contribution in [1.29, 1.82) is 0 Å². The molecule has 4 aromatic rings. The Morgan fingerprint density at radius 1 is 1.07 bits per heavy atom. The van der Waals surface area contributed by atoms with Crippen molar-refractivity contribution >= 4 is 20.9 Å². The zero-order valence-corrected chi connectivity index (χ0v) is 24.5. The number of nitrogens with one attached hydrogen (secondary N) is 1. The van der Waals surface area contributed by atoms with Gasteiger partial charge in [-0.15, -0.1) is 0 Å². The third-order valence-electron chi connectivity index (χ3n) is 9.26. The van der Waals surface area contributed by atoms with E-state index in [0.717, 1.165) is 28.3 Å². The number of aromatic nitrogens is 2. The number of halogens is 4. The number of benzene rings is 3. The van der Waals surface area contributed by atoms with Crippen LogP contribution in [0.25, 0.3) is 16.6 Å². The van der Waals surface area contributed by atoms with Crippen LogP contribution in [-0.2, 0) is 33.2 Å². The Morgan fingerprint density at radius 2 is 1.81 bits per heavy atom. The van der Waals surface area contributed by atoms with Gasteiger partial charge in [0, 0.05) is 17.3 Å². The van der Waals surface area contributed by atoms with E-state index in [0.29, 0.717) is 30.5 Å². The highest BCUT2D eigenvalue weighted by Crippen LogP contribution is 2.57. The van der Waals surface area contributed by atoms with Crippen molar-refractivity contribution in [2.24, 2.45) is 5.92 Å². The molecule has 1 heterocycles. The molecule has 0 bridgehead atoms. The number of aryl methyl sites for hydroxylation is 1. The van der Waals surface area contributed by atoms with Crippen LogP contribution in [0.1, 0.15) is 48.8 Å². The maximum Gasteiger partial charge on any atom is 0.417 e. The van der Waals surface area contributed by atoms with Gasteiger partial charge in [-0.2, -0.15) is 18.3 Å². The van der Waals surface area contributed by atoms with E-state index < -0.39 is 33.1 Å². The van der Waals surface area contributed by atoms with Gasteiger partial charge in [0.1, 0.15) is 5.82 Å². The van der Waals surface area contributed by atoms with E-state index >= 15 is 0 Å². The van der Waals surface area contributed by atoms with Gasteiger partial charge in [-0.3, -0.25) is 0 Å². The summed E-state index contributed by atoms with van der Waals surface area (Å²) in [6.45, 7) is -0.171. The fourth-order valence-electron chi connectivity index (χ4n) is 7.03. The van der Waals surface area contributed by atoms with Crippen LogP contribution < -0.4 is 4.72 Å². The predicted molar refractivity (Wildman–Crippen MR) is 156 cm³/mol. The van der Waals surface area contributed by atoms with E-state index in [-0.39, 0.29) is 38.2 Å². The summed E-state index contributed by atoms with van der Waals surface area (Å²) in [5, 5.41) is 5.30. The molecule has 228 valence electrons. The van der Waals surface area contributed by atoms with E-state index in [1.54, 1.807) is 53.3 Å². The van der Waals surface area contributed by atoms with Crippen molar-refractivity contribution in [3.8, 4) is 5.69 Å². The third kappa shape index (κ3) is 5.70. The summed E-state index contributed by atoms with van der Waals surface area (Å²) in [4.78, 5) is 0. The minimum absolute atomic E-state index is 0.00622. The SMILES string of the molecule is CS(=O)(=O)NC[C@@]12CC[C@](OCc3ccccc3)(C(F)(F)F)C[C@H]1CCCc1cc3c(cnn3-c3ccc(F)cc3)cc12. The van der Waals surface area contributed by atoms with Gasteiger partial charge in [-0.1, -0.05) is 30.3 Å². The Hall–Kier alpha value is -3.28. The molecule has 0 unspecified atom stereocenters. The Morgan fingerprint density at radius 3 is 2.51 bits per heavy atom. The summed E-state index contributed by atoms with van der Waals surface area (Å²) in [6, 6.07) is 18.8. The lowest BCUT2D eigenvalue weighted by atomic mass is 9.57. The first-order chi connectivity index (χ1) is 20.4. The lowest BCUT2D eigenvalue weighted by Gasteiger charge is -2.52. The predicted octanol–water partition coefficient (Wildman–Crippen LogP) is 6.61. The average molecular weight is 616 g/mol. The highest BCUT2D eigenvalue weighted by atomic mass is 32.2. The number of alkyl halides is 3. The van der Waals surface area contributed by atoms with E-state index in [1.807, 2.05) is 12.1 Å². The van der Waals surface area contributed by atoms with Gasteiger partial charge in [0.25, 0.3) is 0 Å². The smallest absolute Gasteiger partial charge is 0.361 e. The van der Waals surface area contributed by atoms with Crippen LogP contribution in [0.3, 0.4) is 0 Å². The van der Waals surface area contributed by atoms with Gasteiger partial charge in [0.2, 0.25) is 10.0 Å². The summed E-state index contributed by atoms with van der Waals surface area (Å²) >= 11 is 0. The molecule has 3 atom stereocenters. The monoisotopic (exact) mass is 615 g/mol. The first-order valence-corrected chi connectivity index (χ1v) is 16.2. The maximum atomic E-state index is 14.9. The molecule has 2 aliphatic carbocycles. The van der Waals surface area contributed by atoms with E-state index in [9.17, 15) is 26.0 Å². The quantitative estimate of drug-likeness (QED) is 0.238. The molecule has 2 aliphatic rings. The van der Waals surface area contributed by atoms with Crippen molar-refractivity contribution in [1.82, 2.24) is 14.5 Å². The summed E-state index contributed by atoms with van der Waals surface area (Å²) in [5.41, 5.74) is 0.737. The van der Waals surface area contributed by atoms with Crippen LogP contribution >= 0.6 is 0 Å². The van der Waals surface area contributed by atoms with Gasteiger partial charge >= 0.3 is 6.18 Å². The van der Waals surface area contributed by atoms with Crippen LogP contribution in [0.2, 0.25) is 0 Å². The Labute approximate surface area is 248 Å². The van der Waals surface area contributed by atoms with Crippen molar-refractivity contribution in [2.75, 3.05) is 12.8 Å².